The van der Waals surface area contributed by atoms with Gasteiger partial charge in [0.2, 0.25) is 11.8 Å². The molecule has 1 atom stereocenters. The van der Waals surface area contributed by atoms with Crippen molar-refractivity contribution in [2.45, 2.75) is 39.3 Å². The lowest BCUT2D eigenvalue weighted by Crippen LogP contribution is -2.30. The second-order valence-electron chi connectivity index (χ2n) is 6.97. The first-order chi connectivity index (χ1) is 14.0. The molecule has 0 saturated heterocycles. The highest BCUT2D eigenvalue weighted by Crippen LogP contribution is 2.29. The van der Waals surface area contributed by atoms with Crippen LogP contribution in [0.3, 0.4) is 0 Å². The first-order valence-corrected chi connectivity index (χ1v) is 9.79. The first kappa shape index (κ1) is 23.6. The number of rotatable bonds is 7. The second-order valence-corrected chi connectivity index (χ2v) is 6.97. The van der Waals surface area contributed by atoms with Crippen molar-refractivity contribution in [2.24, 2.45) is 0 Å². The van der Waals surface area contributed by atoms with Crippen LogP contribution in [0.5, 0.6) is 5.75 Å². The van der Waals surface area contributed by atoms with E-state index in [9.17, 15) is 14.0 Å². The van der Waals surface area contributed by atoms with Crippen LogP contribution in [0.2, 0.25) is 0 Å². The molecule has 3 N–H and O–H groups in total. The molecular weight excluding hydrogens is 409 g/mol. The van der Waals surface area contributed by atoms with Gasteiger partial charge in [0.15, 0.2) is 0 Å². The molecule has 1 unspecified atom stereocenters. The van der Waals surface area contributed by atoms with Crippen molar-refractivity contribution in [1.29, 1.82) is 0 Å². The third-order valence-corrected chi connectivity index (χ3v) is 4.84. The molecule has 2 amide bonds. The molecule has 0 bridgehead atoms. The van der Waals surface area contributed by atoms with E-state index in [0.717, 1.165) is 5.56 Å². The van der Waals surface area contributed by atoms with Gasteiger partial charge in [-0.05, 0) is 43.1 Å². The van der Waals surface area contributed by atoms with Crippen molar-refractivity contribution in [3.05, 3.63) is 58.9 Å². The summed E-state index contributed by atoms with van der Waals surface area (Å²) in [5, 5.41) is 8.65. The number of carbonyl (C=O) groups excluding carboxylic acids is 2. The van der Waals surface area contributed by atoms with Gasteiger partial charge >= 0.3 is 0 Å². The zero-order valence-electron chi connectivity index (χ0n) is 17.1. The summed E-state index contributed by atoms with van der Waals surface area (Å²) >= 11 is 0. The van der Waals surface area contributed by atoms with Crippen LogP contribution in [0.25, 0.3) is 0 Å². The van der Waals surface area contributed by atoms with Crippen LogP contribution in [0.15, 0.2) is 36.4 Å². The zero-order valence-corrected chi connectivity index (χ0v) is 17.9. The Morgan fingerprint density at radius 2 is 2.00 bits per heavy atom. The van der Waals surface area contributed by atoms with E-state index in [4.69, 9.17) is 4.74 Å². The fourth-order valence-electron chi connectivity index (χ4n) is 3.56. The normalized spacial score (nSPS) is 13.4. The molecule has 0 spiro atoms. The number of fused-ring (bicyclic) bond motifs is 1. The summed E-state index contributed by atoms with van der Waals surface area (Å²) in [4.78, 5) is 24.4. The van der Waals surface area contributed by atoms with Crippen LogP contribution >= 0.6 is 12.4 Å². The minimum absolute atomic E-state index is 0. The van der Waals surface area contributed by atoms with Crippen LogP contribution in [-0.2, 0) is 22.6 Å². The SMILES string of the molecule is CCOc1ccccc1C(CC(=O)Nc1ccc2c(c1F)CCNC2)NC(C)=O.Cl. The molecule has 0 aromatic heterocycles. The maximum absolute atomic E-state index is 14.8. The van der Waals surface area contributed by atoms with Crippen LogP contribution < -0.4 is 20.7 Å². The van der Waals surface area contributed by atoms with Gasteiger partial charge in [-0.25, -0.2) is 4.39 Å². The molecule has 6 nitrogen and oxygen atoms in total. The lowest BCUT2D eigenvalue weighted by Gasteiger charge is -2.22. The second kappa shape index (κ2) is 10.9. The average Bonchev–Trinajstić information content (AvgIpc) is 2.70. The van der Waals surface area contributed by atoms with Gasteiger partial charge in [-0.1, -0.05) is 24.3 Å². The van der Waals surface area contributed by atoms with Gasteiger partial charge in [0, 0.05) is 19.0 Å². The van der Waals surface area contributed by atoms with E-state index in [0.29, 0.717) is 43.0 Å². The molecule has 1 aliphatic heterocycles. The number of amides is 2. The van der Waals surface area contributed by atoms with Gasteiger partial charge < -0.3 is 20.7 Å². The molecule has 3 rings (SSSR count). The molecular formula is C22H27ClFN3O3. The maximum Gasteiger partial charge on any atom is 0.226 e. The van der Waals surface area contributed by atoms with Gasteiger partial charge in [-0.15, -0.1) is 12.4 Å². The third kappa shape index (κ3) is 5.70. The fourth-order valence-corrected chi connectivity index (χ4v) is 3.56. The van der Waals surface area contributed by atoms with Crippen LogP contribution in [0, 0.1) is 5.82 Å². The van der Waals surface area contributed by atoms with Gasteiger partial charge in [0.25, 0.3) is 0 Å². The maximum atomic E-state index is 14.8. The number of nitrogens with one attached hydrogen (secondary N) is 3. The van der Waals surface area contributed by atoms with Crippen molar-refractivity contribution in [3.63, 3.8) is 0 Å². The zero-order chi connectivity index (χ0) is 20.8. The standard InChI is InChI=1S/C22H26FN3O3.ClH/c1-3-29-20-7-5-4-6-17(20)19(25-14(2)27)12-21(28)26-18-9-8-15-13-24-11-10-16(15)22(18)23;/h4-9,19,24H,3,10-13H2,1-2H3,(H,25,27)(H,26,28);1H. The molecule has 162 valence electrons. The number of anilines is 1. The van der Waals surface area contributed by atoms with E-state index < -0.39 is 6.04 Å². The van der Waals surface area contributed by atoms with Crippen molar-refractivity contribution in [2.75, 3.05) is 18.5 Å². The molecule has 0 saturated carbocycles. The number of halogens is 2. The van der Waals surface area contributed by atoms with E-state index in [1.54, 1.807) is 12.1 Å². The highest BCUT2D eigenvalue weighted by molar-refractivity contribution is 5.92. The third-order valence-electron chi connectivity index (χ3n) is 4.84. The molecule has 1 heterocycles. The van der Waals surface area contributed by atoms with Crippen molar-refractivity contribution >= 4 is 29.9 Å². The molecule has 8 heteroatoms. The number of para-hydroxylation sites is 1. The lowest BCUT2D eigenvalue weighted by molar-refractivity contribution is -0.120. The Morgan fingerprint density at radius 1 is 1.23 bits per heavy atom. The molecule has 30 heavy (non-hydrogen) atoms. The van der Waals surface area contributed by atoms with Gasteiger partial charge in [0.1, 0.15) is 11.6 Å². The van der Waals surface area contributed by atoms with Crippen LogP contribution in [-0.4, -0.2) is 25.0 Å². The van der Waals surface area contributed by atoms with Gasteiger partial charge in [-0.2, -0.15) is 0 Å². The fraction of sp³-hybridized carbons (Fsp3) is 0.364. The number of hydrogen-bond donors (Lipinski definition) is 3. The van der Waals surface area contributed by atoms with Crippen molar-refractivity contribution in [3.8, 4) is 5.75 Å². The molecule has 2 aromatic carbocycles. The Labute approximate surface area is 182 Å². The van der Waals surface area contributed by atoms with E-state index in [-0.39, 0.29) is 42.1 Å². The lowest BCUT2D eigenvalue weighted by atomic mass is 9.99. The minimum Gasteiger partial charge on any atom is -0.494 e. The van der Waals surface area contributed by atoms with Gasteiger partial charge in [-0.3, -0.25) is 9.59 Å². The predicted molar refractivity (Wildman–Crippen MR) is 116 cm³/mol. The number of benzene rings is 2. The monoisotopic (exact) mass is 435 g/mol. The molecule has 1 aliphatic rings. The highest BCUT2D eigenvalue weighted by Gasteiger charge is 2.22. The number of ether oxygens (including phenoxy) is 1. The summed E-state index contributed by atoms with van der Waals surface area (Å²) in [6.45, 7) is 5.06. The molecule has 0 radical (unpaired) electrons. The van der Waals surface area contributed by atoms with Gasteiger partial charge in [0.05, 0.1) is 24.8 Å². The summed E-state index contributed by atoms with van der Waals surface area (Å²) in [5.74, 6) is -0.429. The summed E-state index contributed by atoms with van der Waals surface area (Å²) in [6, 6.07) is 10.1. The Morgan fingerprint density at radius 3 is 2.73 bits per heavy atom. The molecule has 2 aromatic rings. The van der Waals surface area contributed by atoms with Crippen LogP contribution in [0.1, 0.15) is 43.0 Å². The Hall–Kier alpha value is -2.64. The summed E-state index contributed by atoms with van der Waals surface area (Å²) < 4.78 is 20.4. The van der Waals surface area contributed by atoms with Crippen molar-refractivity contribution in [1.82, 2.24) is 10.6 Å². The van der Waals surface area contributed by atoms with E-state index in [1.165, 1.54) is 6.92 Å². The number of carbonyl (C=O) groups is 2. The Kier molecular flexibility index (Phi) is 8.62. The largest absolute Gasteiger partial charge is 0.494 e. The average molecular weight is 436 g/mol. The summed E-state index contributed by atoms with van der Waals surface area (Å²) in [6.07, 6.45) is 0.545. The smallest absolute Gasteiger partial charge is 0.226 e. The molecule has 0 fully saturated rings. The quantitative estimate of drug-likeness (QED) is 0.622. The van der Waals surface area contributed by atoms with Crippen LogP contribution in [0.4, 0.5) is 10.1 Å². The topological polar surface area (TPSA) is 79.5 Å². The van der Waals surface area contributed by atoms with E-state index in [1.807, 2.05) is 31.2 Å². The minimum atomic E-state index is -0.583. The molecule has 0 aliphatic carbocycles. The summed E-state index contributed by atoms with van der Waals surface area (Å²) in [7, 11) is 0. The van der Waals surface area contributed by atoms with E-state index in [2.05, 4.69) is 16.0 Å². The van der Waals surface area contributed by atoms with E-state index >= 15 is 0 Å². The Balaban J connectivity index is 0.00000320. The Bertz CT molecular complexity index is 907. The summed E-state index contributed by atoms with van der Waals surface area (Å²) in [5.41, 5.74) is 2.42. The number of hydrogen-bond acceptors (Lipinski definition) is 4. The highest BCUT2D eigenvalue weighted by atomic mass is 35.5. The predicted octanol–water partition coefficient (Wildman–Crippen LogP) is 3.50. The first-order valence-electron chi connectivity index (χ1n) is 9.79. The van der Waals surface area contributed by atoms with Crippen molar-refractivity contribution < 1.29 is 18.7 Å².